The van der Waals surface area contributed by atoms with Gasteiger partial charge in [0.1, 0.15) is 5.82 Å². The van der Waals surface area contributed by atoms with Gasteiger partial charge in [-0.1, -0.05) is 15.9 Å². The summed E-state index contributed by atoms with van der Waals surface area (Å²) >= 11 is 4.72. The molecule has 0 bridgehead atoms. The molecular weight excluding hydrogens is 357 g/mol. The van der Waals surface area contributed by atoms with Gasteiger partial charge in [0, 0.05) is 22.7 Å². The molecule has 1 aromatic heterocycles. The maximum Gasteiger partial charge on any atom is 0.244 e. The molecular formula is C15H13BrFNO2S. The summed E-state index contributed by atoms with van der Waals surface area (Å²) in [5.74, 6) is -0.788. The Morgan fingerprint density at radius 2 is 2.29 bits per heavy atom. The van der Waals surface area contributed by atoms with E-state index in [-0.39, 0.29) is 12.5 Å². The monoisotopic (exact) mass is 369 g/mol. The fraction of sp³-hybridized carbons (Fsp3) is 0.133. The number of hydrogen-bond donors (Lipinski definition) is 2. The number of benzene rings is 1. The number of nitrogens with one attached hydrogen (secondary N) is 1. The minimum absolute atomic E-state index is 0.112. The van der Waals surface area contributed by atoms with Gasteiger partial charge in [-0.05, 0) is 46.7 Å². The summed E-state index contributed by atoms with van der Waals surface area (Å²) in [5, 5.41) is 16.1. The maximum absolute atomic E-state index is 13.5. The highest BCUT2D eigenvalue weighted by Gasteiger charge is 2.08. The van der Waals surface area contributed by atoms with Gasteiger partial charge in [0.25, 0.3) is 0 Å². The summed E-state index contributed by atoms with van der Waals surface area (Å²) in [6.45, 7) is 0.112. The van der Waals surface area contributed by atoms with Crippen molar-refractivity contribution in [3.8, 4) is 0 Å². The Morgan fingerprint density at radius 3 is 3.00 bits per heavy atom. The topological polar surface area (TPSA) is 49.3 Å². The molecule has 1 unspecified atom stereocenters. The lowest BCUT2D eigenvalue weighted by Gasteiger charge is -2.08. The molecule has 0 aliphatic carbocycles. The van der Waals surface area contributed by atoms with Crippen LogP contribution in [0.4, 0.5) is 4.39 Å². The lowest BCUT2D eigenvalue weighted by molar-refractivity contribution is -0.116. The van der Waals surface area contributed by atoms with Gasteiger partial charge in [-0.25, -0.2) is 4.39 Å². The number of thiophene rings is 1. The van der Waals surface area contributed by atoms with Crippen LogP contribution in [0.2, 0.25) is 0 Å². The van der Waals surface area contributed by atoms with Crippen molar-refractivity contribution < 1.29 is 14.3 Å². The lowest BCUT2D eigenvalue weighted by Crippen LogP contribution is -2.26. The highest BCUT2D eigenvalue weighted by Crippen LogP contribution is 2.17. The largest absolute Gasteiger partial charge is 0.387 e. The molecule has 3 nitrogen and oxygen atoms in total. The van der Waals surface area contributed by atoms with Crippen molar-refractivity contribution in [1.82, 2.24) is 5.32 Å². The van der Waals surface area contributed by atoms with E-state index in [1.54, 1.807) is 18.2 Å². The van der Waals surface area contributed by atoms with Gasteiger partial charge in [0.05, 0.1) is 6.10 Å². The van der Waals surface area contributed by atoms with Crippen LogP contribution in [0.5, 0.6) is 0 Å². The fourth-order valence-electron chi connectivity index (χ4n) is 1.65. The van der Waals surface area contributed by atoms with Crippen molar-refractivity contribution >= 4 is 39.2 Å². The second kappa shape index (κ2) is 7.49. The van der Waals surface area contributed by atoms with Gasteiger partial charge in [-0.2, -0.15) is 11.3 Å². The Balaban J connectivity index is 1.89. The molecule has 1 heterocycles. The van der Waals surface area contributed by atoms with E-state index < -0.39 is 11.9 Å². The van der Waals surface area contributed by atoms with Crippen LogP contribution in [0.3, 0.4) is 0 Å². The van der Waals surface area contributed by atoms with Crippen molar-refractivity contribution in [2.24, 2.45) is 0 Å². The summed E-state index contributed by atoms with van der Waals surface area (Å²) < 4.78 is 14.2. The summed E-state index contributed by atoms with van der Waals surface area (Å²) in [5.41, 5.74) is 1.08. The summed E-state index contributed by atoms with van der Waals surface area (Å²) in [6, 6.07) is 6.29. The van der Waals surface area contributed by atoms with E-state index in [0.717, 1.165) is 10.0 Å². The second-order valence-corrected chi connectivity index (χ2v) is 6.01. The molecule has 0 radical (unpaired) electrons. The molecule has 0 aliphatic rings. The van der Waals surface area contributed by atoms with Crippen LogP contribution in [-0.2, 0) is 4.79 Å². The van der Waals surface area contributed by atoms with Crippen LogP contribution < -0.4 is 5.32 Å². The van der Waals surface area contributed by atoms with E-state index in [0.29, 0.717) is 5.56 Å². The molecule has 2 N–H and O–H groups in total. The molecule has 1 atom stereocenters. The van der Waals surface area contributed by atoms with Gasteiger partial charge < -0.3 is 10.4 Å². The molecule has 1 amide bonds. The fourth-order valence-corrected chi connectivity index (χ4v) is 2.73. The van der Waals surface area contributed by atoms with Crippen LogP contribution in [-0.4, -0.2) is 17.6 Å². The van der Waals surface area contributed by atoms with Crippen molar-refractivity contribution in [2.75, 3.05) is 6.54 Å². The Hall–Kier alpha value is -1.50. The van der Waals surface area contributed by atoms with Crippen molar-refractivity contribution in [3.63, 3.8) is 0 Å². The Labute approximate surface area is 134 Å². The molecule has 2 rings (SSSR count). The van der Waals surface area contributed by atoms with Crippen LogP contribution in [0.1, 0.15) is 17.2 Å². The number of halogens is 2. The molecule has 0 saturated carbocycles. The Morgan fingerprint density at radius 1 is 1.48 bits per heavy atom. The number of hydrogen-bond acceptors (Lipinski definition) is 3. The number of aliphatic hydroxyl groups is 1. The zero-order chi connectivity index (χ0) is 15.2. The number of aliphatic hydroxyl groups excluding tert-OH is 1. The SMILES string of the molecule is O=C(/C=C/c1cc(Br)ccc1F)NCC(O)c1ccsc1. The molecule has 0 aliphatic heterocycles. The molecule has 1 aromatic carbocycles. The third-order valence-electron chi connectivity index (χ3n) is 2.77. The third-order valence-corrected chi connectivity index (χ3v) is 3.96. The van der Waals surface area contributed by atoms with Gasteiger partial charge >= 0.3 is 0 Å². The average molecular weight is 370 g/mol. The minimum atomic E-state index is -0.740. The first-order valence-electron chi connectivity index (χ1n) is 6.17. The van der Waals surface area contributed by atoms with Crippen molar-refractivity contribution in [2.45, 2.75) is 6.10 Å². The van der Waals surface area contributed by atoms with E-state index in [4.69, 9.17) is 0 Å². The van der Waals surface area contributed by atoms with Crippen LogP contribution >= 0.6 is 27.3 Å². The number of carbonyl (C=O) groups is 1. The standard InChI is InChI=1S/C15H13BrFNO2S/c16-12-2-3-13(17)10(7-12)1-4-15(20)18-8-14(19)11-5-6-21-9-11/h1-7,9,14,19H,8H2,(H,18,20)/b4-1+. The smallest absolute Gasteiger partial charge is 0.244 e. The van der Waals surface area contributed by atoms with Gasteiger partial charge in [0.15, 0.2) is 0 Å². The highest BCUT2D eigenvalue weighted by molar-refractivity contribution is 9.10. The summed E-state index contributed by atoms with van der Waals surface area (Å²) in [4.78, 5) is 11.6. The first kappa shape index (κ1) is 15.9. The summed E-state index contributed by atoms with van der Waals surface area (Å²) in [6.07, 6.45) is 1.90. The molecule has 0 saturated heterocycles. The van der Waals surface area contributed by atoms with E-state index in [2.05, 4.69) is 21.2 Å². The zero-order valence-electron chi connectivity index (χ0n) is 10.9. The van der Waals surface area contributed by atoms with Gasteiger partial charge in [0.2, 0.25) is 5.91 Å². The normalized spacial score (nSPS) is 12.5. The molecule has 110 valence electrons. The molecule has 0 fully saturated rings. The van der Waals surface area contributed by atoms with Gasteiger partial charge in [-0.3, -0.25) is 4.79 Å². The highest BCUT2D eigenvalue weighted by atomic mass is 79.9. The van der Waals surface area contributed by atoms with E-state index in [1.807, 2.05) is 10.8 Å². The number of rotatable bonds is 5. The predicted octanol–water partition coefficient (Wildman–Crippen LogP) is 3.51. The lowest BCUT2D eigenvalue weighted by atomic mass is 10.2. The Bertz CT molecular complexity index is 643. The zero-order valence-corrected chi connectivity index (χ0v) is 13.3. The van der Waals surface area contributed by atoms with Crippen LogP contribution in [0, 0.1) is 5.82 Å². The first-order valence-corrected chi connectivity index (χ1v) is 7.91. The van der Waals surface area contributed by atoms with E-state index in [1.165, 1.54) is 29.6 Å². The molecule has 2 aromatic rings. The predicted molar refractivity (Wildman–Crippen MR) is 85.4 cm³/mol. The minimum Gasteiger partial charge on any atom is -0.387 e. The second-order valence-electron chi connectivity index (χ2n) is 4.32. The third kappa shape index (κ3) is 4.77. The van der Waals surface area contributed by atoms with Crippen LogP contribution in [0.25, 0.3) is 6.08 Å². The van der Waals surface area contributed by atoms with Crippen molar-refractivity contribution in [3.05, 3.63) is 62.5 Å². The molecule has 6 heteroatoms. The molecule has 21 heavy (non-hydrogen) atoms. The molecule has 0 spiro atoms. The quantitative estimate of drug-likeness (QED) is 0.792. The maximum atomic E-state index is 13.5. The average Bonchev–Trinajstić information content (AvgIpc) is 3.00. The number of amides is 1. The summed E-state index contributed by atoms with van der Waals surface area (Å²) in [7, 11) is 0. The van der Waals surface area contributed by atoms with Crippen molar-refractivity contribution in [1.29, 1.82) is 0 Å². The van der Waals surface area contributed by atoms with E-state index >= 15 is 0 Å². The van der Waals surface area contributed by atoms with E-state index in [9.17, 15) is 14.3 Å². The van der Waals surface area contributed by atoms with Crippen LogP contribution in [0.15, 0.2) is 45.6 Å². The first-order chi connectivity index (χ1) is 10.1. The van der Waals surface area contributed by atoms with Gasteiger partial charge in [-0.15, -0.1) is 0 Å². The Kier molecular flexibility index (Phi) is 5.67. The number of carbonyl (C=O) groups excluding carboxylic acids is 1.